The van der Waals surface area contributed by atoms with Crippen molar-refractivity contribution in [2.75, 3.05) is 105 Å². The third kappa shape index (κ3) is 12.3. The maximum absolute atomic E-state index is 6.37. The molecule has 0 amide bonds. The highest BCUT2D eigenvalue weighted by atomic mass is 16.6. The highest BCUT2D eigenvalue weighted by Gasteiger charge is 2.25. The van der Waals surface area contributed by atoms with Crippen LogP contribution in [0.15, 0.2) is 18.2 Å². The van der Waals surface area contributed by atoms with E-state index in [2.05, 4.69) is 47.2 Å². The first kappa shape index (κ1) is 30.0. The Kier molecular flexibility index (Phi) is 13.4. The monoisotopic (exact) mass is 523 g/mol. The summed E-state index contributed by atoms with van der Waals surface area (Å²) in [5.74, 6) is 1.48. The van der Waals surface area contributed by atoms with E-state index in [1.54, 1.807) is 0 Å². The van der Waals surface area contributed by atoms with E-state index in [9.17, 15) is 0 Å². The smallest absolute Gasteiger partial charge is 0.161 e. The minimum absolute atomic E-state index is 0.0261. The molecular weight excluding hydrogens is 474 g/mol. The molecule has 2 aliphatic heterocycles. The number of hydrogen-bond acceptors (Lipinski definition) is 10. The number of nitrogens with one attached hydrogen (secondary N) is 4. The molecule has 2 heterocycles. The van der Waals surface area contributed by atoms with Crippen molar-refractivity contribution in [2.24, 2.45) is 11.1 Å². The van der Waals surface area contributed by atoms with Gasteiger partial charge in [0.05, 0.1) is 39.6 Å². The van der Waals surface area contributed by atoms with E-state index >= 15 is 0 Å². The average Bonchev–Trinajstić information content (AvgIpc) is 2.87. The molecule has 212 valence electrons. The Bertz CT molecular complexity index is 749. The third-order valence-electron chi connectivity index (χ3n) is 6.47. The lowest BCUT2D eigenvalue weighted by Crippen LogP contribution is -2.55. The molecule has 0 atom stereocenters. The van der Waals surface area contributed by atoms with Crippen LogP contribution in [-0.4, -0.2) is 111 Å². The van der Waals surface area contributed by atoms with Gasteiger partial charge in [0.2, 0.25) is 0 Å². The molecule has 3 rings (SSSR count). The van der Waals surface area contributed by atoms with Crippen molar-refractivity contribution >= 4 is 0 Å². The van der Waals surface area contributed by atoms with E-state index < -0.39 is 0 Å². The van der Waals surface area contributed by atoms with Crippen LogP contribution >= 0.6 is 0 Å². The van der Waals surface area contributed by atoms with Gasteiger partial charge in [0.1, 0.15) is 13.2 Å². The van der Waals surface area contributed by atoms with Crippen LogP contribution in [0.3, 0.4) is 0 Å². The van der Waals surface area contributed by atoms with E-state index in [0.717, 1.165) is 70.3 Å². The van der Waals surface area contributed by atoms with E-state index in [-0.39, 0.29) is 11.0 Å². The van der Waals surface area contributed by atoms with Crippen LogP contribution in [0.2, 0.25) is 0 Å². The molecule has 0 unspecified atom stereocenters. The first-order valence-corrected chi connectivity index (χ1v) is 13.7. The molecular formula is C27H49N5O5. The maximum Gasteiger partial charge on any atom is 0.161 e. The van der Waals surface area contributed by atoms with Crippen LogP contribution < -0.4 is 36.5 Å². The van der Waals surface area contributed by atoms with Gasteiger partial charge in [0.25, 0.3) is 0 Å². The fourth-order valence-corrected chi connectivity index (χ4v) is 4.48. The van der Waals surface area contributed by atoms with E-state index in [1.165, 1.54) is 5.56 Å². The van der Waals surface area contributed by atoms with Gasteiger partial charge >= 0.3 is 0 Å². The second-order valence-electron chi connectivity index (χ2n) is 10.7. The van der Waals surface area contributed by atoms with Crippen molar-refractivity contribution < 1.29 is 23.7 Å². The average molecular weight is 524 g/mol. The second-order valence-corrected chi connectivity index (χ2v) is 10.7. The number of benzene rings is 1. The summed E-state index contributed by atoms with van der Waals surface area (Å²) in [6.07, 6.45) is 0.905. The van der Waals surface area contributed by atoms with Crippen molar-refractivity contribution in [3.63, 3.8) is 0 Å². The Hall–Kier alpha value is -1.50. The Balaban J connectivity index is 1.62. The number of hydrogen-bond donors (Lipinski definition) is 5. The van der Waals surface area contributed by atoms with E-state index in [1.807, 2.05) is 6.07 Å². The van der Waals surface area contributed by atoms with Crippen molar-refractivity contribution in [3.8, 4) is 11.5 Å². The van der Waals surface area contributed by atoms with Crippen LogP contribution in [0.4, 0.5) is 0 Å². The number of rotatable bonds is 2. The molecule has 0 radical (unpaired) electrons. The van der Waals surface area contributed by atoms with Gasteiger partial charge in [-0.15, -0.1) is 0 Å². The highest BCUT2D eigenvalue weighted by Crippen LogP contribution is 2.31. The summed E-state index contributed by atoms with van der Waals surface area (Å²) in [4.78, 5) is 0. The van der Waals surface area contributed by atoms with Gasteiger partial charge in [0.15, 0.2) is 11.5 Å². The van der Waals surface area contributed by atoms with Crippen molar-refractivity contribution in [1.82, 2.24) is 21.3 Å². The zero-order chi connectivity index (χ0) is 26.2. The predicted molar refractivity (Wildman–Crippen MR) is 146 cm³/mol. The highest BCUT2D eigenvalue weighted by molar-refractivity contribution is 5.43. The summed E-state index contributed by atoms with van der Waals surface area (Å²) in [6.45, 7) is 15.5. The fourth-order valence-electron chi connectivity index (χ4n) is 4.48. The van der Waals surface area contributed by atoms with Crippen LogP contribution in [-0.2, 0) is 20.6 Å². The molecule has 0 saturated carbocycles. The first-order valence-electron chi connectivity index (χ1n) is 13.7. The van der Waals surface area contributed by atoms with Gasteiger partial charge in [-0.1, -0.05) is 13.0 Å². The number of nitrogens with two attached hydrogens (primary N) is 1. The van der Waals surface area contributed by atoms with Crippen molar-refractivity contribution in [3.05, 3.63) is 23.8 Å². The zero-order valence-corrected chi connectivity index (χ0v) is 22.9. The normalized spacial score (nSPS) is 28.8. The lowest BCUT2D eigenvalue weighted by molar-refractivity contribution is 0.00708. The van der Waals surface area contributed by atoms with Gasteiger partial charge in [-0.2, -0.15) is 0 Å². The SMILES string of the molecule is CC1(N)CNCCNCC(C)(Cc2ccc3c(c2)OCCOCCOCCOCCO3)CNCCNC1. The summed E-state index contributed by atoms with van der Waals surface area (Å²) < 4.78 is 28.8. The predicted octanol–water partition coefficient (Wildman–Crippen LogP) is 0.146. The van der Waals surface area contributed by atoms with Gasteiger partial charge in [0, 0.05) is 57.9 Å². The maximum atomic E-state index is 6.37. The van der Waals surface area contributed by atoms with E-state index in [4.69, 9.17) is 29.4 Å². The minimum atomic E-state index is -0.253. The largest absolute Gasteiger partial charge is 0.487 e. The molecule has 1 fully saturated rings. The molecule has 0 spiro atoms. The Morgan fingerprint density at radius 2 is 1.11 bits per heavy atom. The lowest BCUT2D eigenvalue weighted by atomic mass is 9.83. The van der Waals surface area contributed by atoms with Gasteiger partial charge in [-0.25, -0.2) is 0 Å². The molecule has 0 aromatic heterocycles. The van der Waals surface area contributed by atoms with Crippen LogP contribution in [0.1, 0.15) is 19.4 Å². The molecule has 10 heteroatoms. The van der Waals surface area contributed by atoms with Gasteiger partial charge in [-0.05, 0) is 36.5 Å². The van der Waals surface area contributed by atoms with Gasteiger partial charge < -0.3 is 50.7 Å². The molecule has 1 saturated heterocycles. The lowest BCUT2D eigenvalue weighted by Gasteiger charge is -2.32. The topological polar surface area (TPSA) is 120 Å². The van der Waals surface area contributed by atoms with Crippen LogP contribution in [0, 0.1) is 5.41 Å². The summed E-state index contributed by atoms with van der Waals surface area (Å²) >= 11 is 0. The standard InChI is InChI=1S/C27H49N5O5/c1-26(19-29-5-7-31-21-27(2,28)22-32-8-6-30-20-26)18-23-3-4-24-25(17-23)37-16-14-35-12-10-33-9-11-34-13-15-36-24/h3-4,17,29-32H,5-16,18-22,28H2,1-2H3. The summed E-state index contributed by atoms with van der Waals surface area (Å²) in [6, 6.07) is 6.26. The van der Waals surface area contributed by atoms with Gasteiger partial charge in [-0.3, -0.25) is 0 Å². The van der Waals surface area contributed by atoms with Crippen molar-refractivity contribution in [1.29, 1.82) is 0 Å². The molecule has 2 aliphatic rings. The van der Waals surface area contributed by atoms with E-state index in [0.29, 0.717) is 52.9 Å². The van der Waals surface area contributed by atoms with Crippen LogP contribution in [0.5, 0.6) is 11.5 Å². The molecule has 6 N–H and O–H groups in total. The summed E-state index contributed by atoms with van der Waals surface area (Å²) in [5.41, 5.74) is 7.36. The van der Waals surface area contributed by atoms with Crippen LogP contribution in [0.25, 0.3) is 0 Å². The molecule has 1 aromatic rings. The van der Waals surface area contributed by atoms with Crippen molar-refractivity contribution in [2.45, 2.75) is 25.8 Å². The number of ether oxygens (including phenoxy) is 5. The quantitative estimate of drug-likeness (QED) is 0.366. The Labute approximate surface area is 222 Å². The molecule has 1 aromatic carbocycles. The fraction of sp³-hybridized carbons (Fsp3) is 0.778. The first-order chi connectivity index (χ1) is 18.0. The second kappa shape index (κ2) is 16.5. The number of fused-ring (bicyclic) bond motifs is 1. The Morgan fingerprint density at radius 1 is 0.649 bits per heavy atom. The third-order valence-corrected chi connectivity index (χ3v) is 6.47. The molecule has 0 aliphatic carbocycles. The molecule has 10 nitrogen and oxygen atoms in total. The summed E-state index contributed by atoms with van der Waals surface area (Å²) in [7, 11) is 0. The zero-order valence-electron chi connectivity index (χ0n) is 22.9. The molecule has 37 heavy (non-hydrogen) atoms. The minimum Gasteiger partial charge on any atom is -0.487 e. The summed E-state index contributed by atoms with van der Waals surface area (Å²) in [5, 5.41) is 14.3. The molecule has 0 bridgehead atoms. The Morgan fingerprint density at radius 3 is 1.65 bits per heavy atom.